The molecule has 3 aromatic rings. The van der Waals surface area contributed by atoms with E-state index in [2.05, 4.69) is 26.5 Å². The highest BCUT2D eigenvalue weighted by Crippen LogP contribution is 2.36. The Labute approximate surface area is 214 Å². The van der Waals surface area contributed by atoms with Gasteiger partial charge in [0.15, 0.2) is 11.5 Å². The molecule has 0 atom stereocenters. The average molecular weight is 585 g/mol. The Morgan fingerprint density at radius 2 is 1.79 bits per heavy atom. The topological polar surface area (TPSA) is 97.3 Å². The van der Waals surface area contributed by atoms with Crippen molar-refractivity contribution in [1.29, 1.82) is 0 Å². The number of carbonyl (C=O) groups is 1. The van der Waals surface area contributed by atoms with Crippen LogP contribution in [-0.4, -0.2) is 33.9 Å². The first-order chi connectivity index (χ1) is 16.3. The van der Waals surface area contributed by atoms with E-state index in [-0.39, 0.29) is 22.4 Å². The molecule has 0 saturated heterocycles. The van der Waals surface area contributed by atoms with Crippen molar-refractivity contribution in [2.75, 3.05) is 17.6 Å². The van der Waals surface area contributed by atoms with E-state index >= 15 is 0 Å². The Balaban J connectivity index is 1.57. The number of hydrogen-bond donors (Lipinski definition) is 1. The van der Waals surface area contributed by atoms with Crippen molar-refractivity contribution >= 4 is 67.0 Å². The van der Waals surface area contributed by atoms with Crippen molar-refractivity contribution in [2.24, 2.45) is 5.10 Å². The van der Waals surface area contributed by atoms with E-state index < -0.39 is 22.5 Å². The zero-order chi connectivity index (χ0) is 24.3. The van der Waals surface area contributed by atoms with E-state index in [1.807, 2.05) is 0 Å². The van der Waals surface area contributed by atoms with Gasteiger partial charge in [-0.2, -0.15) is 5.10 Å². The van der Waals surface area contributed by atoms with Crippen molar-refractivity contribution in [3.8, 4) is 11.5 Å². The molecular formula is C22H16BrCl2N3O5S. The number of anilines is 1. The maximum Gasteiger partial charge on any atom is 0.264 e. The molecule has 0 aliphatic carbocycles. The summed E-state index contributed by atoms with van der Waals surface area (Å²) in [6.07, 6.45) is 1.40. The second kappa shape index (κ2) is 10.2. The van der Waals surface area contributed by atoms with Gasteiger partial charge in [-0.05, 0) is 58.4 Å². The first-order valence-electron chi connectivity index (χ1n) is 9.69. The Morgan fingerprint density at radius 1 is 1.09 bits per heavy atom. The van der Waals surface area contributed by atoms with Gasteiger partial charge in [0.1, 0.15) is 6.54 Å². The van der Waals surface area contributed by atoms with Crippen LogP contribution in [0.3, 0.4) is 0 Å². The third kappa shape index (κ3) is 5.30. The molecule has 0 unspecified atom stereocenters. The number of carbonyl (C=O) groups excluding carboxylic acids is 1. The first-order valence-corrected chi connectivity index (χ1v) is 12.7. The average Bonchev–Trinajstić information content (AvgIpc) is 3.25. The summed E-state index contributed by atoms with van der Waals surface area (Å²) in [6, 6.07) is 15.5. The molecule has 1 aliphatic heterocycles. The van der Waals surface area contributed by atoms with Crippen LogP contribution in [0.5, 0.6) is 11.5 Å². The molecule has 4 rings (SSSR count). The highest BCUT2D eigenvalue weighted by Gasteiger charge is 2.28. The summed E-state index contributed by atoms with van der Waals surface area (Å²) in [4.78, 5) is 12.7. The molecule has 1 amide bonds. The summed E-state index contributed by atoms with van der Waals surface area (Å²) in [7, 11) is -4.12. The molecule has 1 heterocycles. The monoisotopic (exact) mass is 583 g/mol. The van der Waals surface area contributed by atoms with Crippen molar-refractivity contribution in [2.45, 2.75) is 4.90 Å². The van der Waals surface area contributed by atoms with Gasteiger partial charge >= 0.3 is 0 Å². The van der Waals surface area contributed by atoms with Gasteiger partial charge in [0, 0.05) is 15.1 Å². The zero-order valence-electron chi connectivity index (χ0n) is 17.2. The number of fused-ring (bicyclic) bond motifs is 1. The van der Waals surface area contributed by atoms with Crippen LogP contribution in [0.25, 0.3) is 0 Å². The van der Waals surface area contributed by atoms with Crippen LogP contribution in [0.4, 0.5) is 5.69 Å². The summed E-state index contributed by atoms with van der Waals surface area (Å²) in [5.41, 5.74) is 3.07. The summed E-state index contributed by atoms with van der Waals surface area (Å²) in [5.74, 6) is 0.460. The van der Waals surface area contributed by atoms with Crippen LogP contribution < -0.4 is 19.2 Å². The van der Waals surface area contributed by atoms with E-state index in [0.29, 0.717) is 26.6 Å². The van der Waals surface area contributed by atoms with E-state index in [1.165, 1.54) is 36.5 Å². The number of halogens is 3. The van der Waals surface area contributed by atoms with Crippen LogP contribution >= 0.6 is 39.1 Å². The van der Waals surface area contributed by atoms with Gasteiger partial charge in [-0.3, -0.25) is 9.10 Å². The first kappa shape index (κ1) is 24.3. The molecule has 34 heavy (non-hydrogen) atoms. The normalized spacial score (nSPS) is 12.7. The van der Waals surface area contributed by atoms with Gasteiger partial charge in [-0.15, -0.1) is 0 Å². The van der Waals surface area contributed by atoms with Gasteiger partial charge in [-0.1, -0.05) is 41.4 Å². The van der Waals surface area contributed by atoms with Gasteiger partial charge in [0.25, 0.3) is 15.9 Å². The smallest absolute Gasteiger partial charge is 0.264 e. The van der Waals surface area contributed by atoms with E-state index in [1.54, 1.807) is 30.3 Å². The van der Waals surface area contributed by atoms with Crippen molar-refractivity contribution < 1.29 is 22.7 Å². The number of nitrogens with one attached hydrogen (secondary N) is 1. The molecule has 0 radical (unpaired) electrons. The van der Waals surface area contributed by atoms with Crippen molar-refractivity contribution in [3.05, 3.63) is 80.7 Å². The van der Waals surface area contributed by atoms with Crippen LogP contribution in [0.2, 0.25) is 10.0 Å². The quantitative estimate of drug-likeness (QED) is 0.317. The zero-order valence-corrected chi connectivity index (χ0v) is 21.2. The van der Waals surface area contributed by atoms with Crippen molar-refractivity contribution in [1.82, 2.24) is 5.43 Å². The number of hydrogen-bond acceptors (Lipinski definition) is 6. The SMILES string of the molecule is O=C(CN(c1ccc(Cl)cc1Cl)S(=O)(=O)c1ccccc1)N/N=C\c1cc2c(cc1Br)OCO2. The number of rotatable bonds is 7. The fourth-order valence-electron chi connectivity index (χ4n) is 3.07. The Morgan fingerprint density at radius 3 is 2.50 bits per heavy atom. The van der Waals surface area contributed by atoms with Crippen molar-refractivity contribution in [3.63, 3.8) is 0 Å². The largest absolute Gasteiger partial charge is 0.454 e. The maximum absolute atomic E-state index is 13.3. The number of amides is 1. The number of benzene rings is 3. The fourth-order valence-corrected chi connectivity index (χ4v) is 5.52. The molecule has 1 aliphatic rings. The molecule has 0 aromatic heterocycles. The number of sulfonamides is 1. The second-order valence-corrected chi connectivity index (χ2v) is 10.5. The molecule has 0 fully saturated rings. The molecule has 0 saturated carbocycles. The van der Waals surface area contributed by atoms with Gasteiger partial charge < -0.3 is 9.47 Å². The molecule has 3 aromatic carbocycles. The van der Waals surface area contributed by atoms with Gasteiger partial charge in [0.2, 0.25) is 6.79 Å². The fraction of sp³-hybridized carbons (Fsp3) is 0.0909. The highest BCUT2D eigenvalue weighted by atomic mass is 79.9. The summed E-state index contributed by atoms with van der Waals surface area (Å²) in [6.45, 7) is -0.448. The third-order valence-corrected chi connectivity index (χ3v) is 7.68. The van der Waals surface area contributed by atoms with Crippen LogP contribution in [-0.2, 0) is 14.8 Å². The minimum absolute atomic E-state index is 0.00149. The van der Waals surface area contributed by atoms with Crippen LogP contribution in [0.15, 0.2) is 75.1 Å². The Kier molecular flexibility index (Phi) is 7.32. The predicted molar refractivity (Wildman–Crippen MR) is 133 cm³/mol. The Hall–Kier alpha value is -2.79. The second-order valence-electron chi connectivity index (χ2n) is 6.94. The molecule has 1 N–H and O–H groups in total. The maximum atomic E-state index is 13.3. The predicted octanol–water partition coefficient (Wildman–Crippen LogP) is 4.83. The summed E-state index contributed by atoms with van der Waals surface area (Å²) >= 11 is 15.6. The molecule has 0 bridgehead atoms. The molecular weight excluding hydrogens is 569 g/mol. The lowest BCUT2D eigenvalue weighted by Gasteiger charge is -2.24. The molecule has 0 spiro atoms. The summed E-state index contributed by atoms with van der Waals surface area (Å²) < 4.78 is 38.9. The van der Waals surface area contributed by atoms with Gasteiger partial charge in [0.05, 0.1) is 21.8 Å². The molecule has 8 nitrogen and oxygen atoms in total. The van der Waals surface area contributed by atoms with Gasteiger partial charge in [-0.25, -0.2) is 13.8 Å². The Bertz CT molecular complexity index is 1370. The minimum Gasteiger partial charge on any atom is -0.454 e. The van der Waals surface area contributed by atoms with Crippen LogP contribution in [0.1, 0.15) is 5.56 Å². The minimum atomic E-state index is -4.12. The standard InChI is InChI=1S/C22H16BrCl2N3O5S/c23-17-10-21-20(32-13-33-21)8-14(17)11-26-27-22(29)12-28(19-7-6-15(24)9-18(19)25)34(30,31)16-4-2-1-3-5-16/h1-11H,12-13H2,(H,27,29)/b26-11-. The molecule has 176 valence electrons. The third-order valence-electron chi connectivity index (χ3n) is 4.68. The highest BCUT2D eigenvalue weighted by molar-refractivity contribution is 9.10. The van der Waals surface area contributed by atoms with Crippen LogP contribution in [0, 0.1) is 0 Å². The van der Waals surface area contributed by atoms with E-state index in [4.69, 9.17) is 32.7 Å². The number of hydrazone groups is 1. The number of nitrogens with zero attached hydrogens (tertiary/aromatic N) is 2. The number of ether oxygens (including phenoxy) is 2. The van der Waals surface area contributed by atoms with E-state index in [9.17, 15) is 13.2 Å². The molecule has 12 heteroatoms. The lowest BCUT2D eigenvalue weighted by atomic mass is 10.2. The lowest BCUT2D eigenvalue weighted by molar-refractivity contribution is -0.119. The van der Waals surface area contributed by atoms with E-state index in [0.717, 1.165) is 4.31 Å². The lowest BCUT2D eigenvalue weighted by Crippen LogP contribution is -2.39. The summed E-state index contributed by atoms with van der Waals surface area (Å²) in [5, 5.41) is 4.34.